The van der Waals surface area contributed by atoms with E-state index < -0.39 is 6.04 Å². The van der Waals surface area contributed by atoms with E-state index in [1.807, 2.05) is 41.8 Å². The highest BCUT2D eigenvalue weighted by Gasteiger charge is 2.28. The molecule has 2 N–H and O–H groups in total. The highest BCUT2D eigenvalue weighted by molar-refractivity contribution is 7.12. The molecule has 1 aromatic carbocycles. The summed E-state index contributed by atoms with van der Waals surface area (Å²) in [5.74, 6) is -0.293. The predicted molar refractivity (Wildman–Crippen MR) is 86.9 cm³/mol. The summed E-state index contributed by atoms with van der Waals surface area (Å²) in [7, 11) is 0. The molecule has 2 aromatic rings. The van der Waals surface area contributed by atoms with Crippen LogP contribution in [0.25, 0.3) is 0 Å². The van der Waals surface area contributed by atoms with Crippen LogP contribution in [0.5, 0.6) is 0 Å². The van der Waals surface area contributed by atoms with Crippen LogP contribution in [0.2, 0.25) is 0 Å². The molecule has 0 radical (unpaired) electrons. The van der Waals surface area contributed by atoms with Crippen molar-refractivity contribution in [1.29, 1.82) is 0 Å². The smallest absolute Gasteiger partial charge is 0.262 e. The first-order valence-corrected chi connectivity index (χ1v) is 8.29. The average Bonchev–Trinajstić information content (AvgIpc) is 3.17. The van der Waals surface area contributed by atoms with Gasteiger partial charge in [-0.25, -0.2) is 0 Å². The first-order chi connectivity index (χ1) is 10.7. The minimum Gasteiger partial charge on any atom is -0.352 e. The molecule has 0 saturated heterocycles. The Bertz CT molecular complexity index is 636. The normalized spacial score (nSPS) is 15.1. The average molecular weight is 314 g/mol. The van der Waals surface area contributed by atoms with E-state index in [0.29, 0.717) is 11.3 Å². The molecule has 1 saturated carbocycles. The fourth-order valence-corrected chi connectivity index (χ4v) is 2.85. The van der Waals surface area contributed by atoms with Crippen LogP contribution in [-0.2, 0) is 11.2 Å². The molecule has 1 aliphatic carbocycles. The molecule has 1 aromatic heterocycles. The van der Waals surface area contributed by atoms with Gasteiger partial charge in [-0.2, -0.15) is 0 Å². The van der Waals surface area contributed by atoms with Crippen LogP contribution < -0.4 is 10.6 Å². The van der Waals surface area contributed by atoms with Gasteiger partial charge in [0.2, 0.25) is 5.91 Å². The van der Waals surface area contributed by atoms with Crippen molar-refractivity contribution in [2.75, 3.05) is 0 Å². The first kappa shape index (κ1) is 14.8. The molecule has 5 heteroatoms. The summed E-state index contributed by atoms with van der Waals surface area (Å²) in [6, 6.07) is 13.1. The summed E-state index contributed by atoms with van der Waals surface area (Å²) in [5, 5.41) is 7.69. The highest BCUT2D eigenvalue weighted by atomic mass is 32.1. The van der Waals surface area contributed by atoms with Crippen LogP contribution >= 0.6 is 11.3 Å². The van der Waals surface area contributed by atoms with Crippen molar-refractivity contribution in [1.82, 2.24) is 10.6 Å². The molecular formula is C17H18N2O2S. The minimum absolute atomic E-state index is 0.101. The Labute approximate surface area is 133 Å². The lowest BCUT2D eigenvalue weighted by Crippen LogP contribution is -2.48. The van der Waals surface area contributed by atoms with Crippen LogP contribution in [0.15, 0.2) is 47.8 Å². The Balaban J connectivity index is 1.70. The van der Waals surface area contributed by atoms with E-state index in [4.69, 9.17) is 0 Å². The number of carbonyl (C=O) groups excluding carboxylic acids is 2. The van der Waals surface area contributed by atoms with Gasteiger partial charge in [0.05, 0.1) is 4.88 Å². The molecule has 22 heavy (non-hydrogen) atoms. The third kappa shape index (κ3) is 3.95. The van der Waals surface area contributed by atoms with E-state index in [-0.39, 0.29) is 17.9 Å². The van der Waals surface area contributed by atoms with Crippen LogP contribution in [-0.4, -0.2) is 23.9 Å². The van der Waals surface area contributed by atoms with Gasteiger partial charge in [-0.15, -0.1) is 11.3 Å². The van der Waals surface area contributed by atoms with E-state index in [2.05, 4.69) is 10.6 Å². The lowest BCUT2D eigenvalue weighted by atomic mass is 10.1. The van der Waals surface area contributed by atoms with Gasteiger partial charge >= 0.3 is 0 Å². The summed E-state index contributed by atoms with van der Waals surface area (Å²) in [6.45, 7) is 0. The van der Waals surface area contributed by atoms with E-state index in [1.165, 1.54) is 11.3 Å². The monoisotopic (exact) mass is 314 g/mol. The maximum absolute atomic E-state index is 12.4. The summed E-state index contributed by atoms with van der Waals surface area (Å²) in [5.41, 5.74) is 1.03. The van der Waals surface area contributed by atoms with Gasteiger partial charge in [0.25, 0.3) is 5.91 Å². The van der Waals surface area contributed by atoms with Gasteiger partial charge in [-0.1, -0.05) is 36.4 Å². The van der Waals surface area contributed by atoms with Crippen molar-refractivity contribution in [2.24, 2.45) is 0 Å². The van der Waals surface area contributed by atoms with Gasteiger partial charge in [0, 0.05) is 12.5 Å². The molecule has 114 valence electrons. The maximum atomic E-state index is 12.4. The van der Waals surface area contributed by atoms with Crippen LogP contribution in [0.4, 0.5) is 0 Å². The Kier molecular flexibility index (Phi) is 4.53. The van der Waals surface area contributed by atoms with Crippen molar-refractivity contribution in [3.63, 3.8) is 0 Å². The summed E-state index contributed by atoms with van der Waals surface area (Å²) in [4.78, 5) is 25.2. The van der Waals surface area contributed by atoms with Crippen molar-refractivity contribution in [2.45, 2.75) is 31.3 Å². The van der Waals surface area contributed by atoms with Gasteiger partial charge in [0.15, 0.2) is 0 Å². The maximum Gasteiger partial charge on any atom is 0.262 e. The Morgan fingerprint density at radius 2 is 1.91 bits per heavy atom. The van der Waals surface area contributed by atoms with Crippen LogP contribution in [0.1, 0.15) is 28.1 Å². The van der Waals surface area contributed by atoms with Crippen molar-refractivity contribution in [3.8, 4) is 0 Å². The summed E-state index contributed by atoms with van der Waals surface area (Å²) in [6.07, 6.45) is 2.56. The molecule has 1 atom stereocenters. The molecule has 0 spiro atoms. The molecule has 0 bridgehead atoms. The second-order valence-corrected chi connectivity index (χ2v) is 6.42. The highest BCUT2D eigenvalue weighted by Crippen LogP contribution is 2.19. The second kappa shape index (κ2) is 6.75. The van der Waals surface area contributed by atoms with Crippen molar-refractivity contribution in [3.05, 3.63) is 58.3 Å². The van der Waals surface area contributed by atoms with E-state index in [1.54, 1.807) is 6.07 Å². The molecule has 1 heterocycles. The number of hydrogen-bond donors (Lipinski definition) is 2. The zero-order valence-corrected chi connectivity index (χ0v) is 12.9. The van der Waals surface area contributed by atoms with Gasteiger partial charge < -0.3 is 10.6 Å². The minimum atomic E-state index is -0.544. The second-order valence-electron chi connectivity index (χ2n) is 5.48. The van der Waals surface area contributed by atoms with E-state index in [0.717, 1.165) is 18.4 Å². The number of carbonyl (C=O) groups is 2. The summed E-state index contributed by atoms with van der Waals surface area (Å²) >= 11 is 1.37. The number of rotatable bonds is 6. The van der Waals surface area contributed by atoms with E-state index >= 15 is 0 Å². The SMILES string of the molecule is O=C(N[C@@H](Cc1ccccc1)C(=O)NC1CC1)c1cccs1. The molecule has 1 fully saturated rings. The molecule has 2 amide bonds. The third-order valence-corrected chi connectivity index (χ3v) is 4.44. The zero-order valence-electron chi connectivity index (χ0n) is 12.1. The number of nitrogens with one attached hydrogen (secondary N) is 2. The van der Waals surface area contributed by atoms with Gasteiger partial charge in [-0.3, -0.25) is 9.59 Å². The Morgan fingerprint density at radius 3 is 2.55 bits per heavy atom. The lowest BCUT2D eigenvalue weighted by molar-refractivity contribution is -0.123. The first-order valence-electron chi connectivity index (χ1n) is 7.41. The quantitative estimate of drug-likeness (QED) is 0.860. The number of thiophene rings is 1. The predicted octanol–water partition coefficient (Wildman–Crippen LogP) is 2.37. The molecule has 0 aliphatic heterocycles. The zero-order chi connectivity index (χ0) is 15.4. The topological polar surface area (TPSA) is 58.2 Å². The van der Waals surface area contributed by atoms with Gasteiger partial charge in [-0.05, 0) is 29.9 Å². The molecule has 3 rings (SSSR count). The Hall–Kier alpha value is -2.14. The van der Waals surface area contributed by atoms with Crippen LogP contribution in [0.3, 0.4) is 0 Å². The summed E-state index contributed by atoms with van der Waals surface area (Å²) < 4.78 is 0. The Morgan fingerprint density at radius 1 is 1.14 bits per heavy atom. The van der Waals surface area contributed by atoms with Crippen molar-refractivity contribution >= 4 is 23.2 Å². The molecular weight excluding hydrogens is 296 g/mol. The fourth-order valence-electron chi connectivity index (χ4n) is 2.23. The standard InChI is InChI=1S/C17H18N2O2S/c20-16(18-13-8-9-13)14(11-12-5-2-1-3-6-12)19-17(21)15-7-4-10-22-15/h1-7,10,13-14H,8-9,11H2,(H,18,20)(H,19,21)/t14-/m0/s1. The van der Waals surface area contributed by atoms with Gasteiger partial charge in [0.1, 0.15) is 6.04 Å². The number of amides is 2. The largest absolute Gasteiger partial charge is 0.352 e. The third-order valence-electron chi connectivity index (χ3n) is 3.57. The number of hydrogen-bond acceptors (Lipinski definition) is 3. The van der Waals surface area contributed by atoms with Crippen molar-refractivity contribution < 1.29 is 9.59 Å². The molecule has 0 unspecified atom stereocenters. The van der Waals surface area contributed by atoms with Crippen LogP contribution in [0, 0.1) is 0 Å². The van der Waals surface area contributed by atoms with E-state index in [9.17, 15) is 9.59 Å². The molecule has 1 aliphatic rings. The lowest BCUT2D eigenvalue weighted by Gasteiger charge is -2.18. The molecule has 4 nitrogen and oxygen atoms in total. The number of benzene rings is 1. The fraction of sp³-hybridized carbons (Fsp3) is 0.294.